The van der Waals surface area contributed by atoms with E-state index in [1.165, 1.54) is 25.3 Å². The van der Waals surface area contributed by atoms with Gasteiger partial charge in [-0.25, -0.2) is 13.1 Å². The number of sulfonamides is 1. The van der Waals surface area contributed by atoms with Gasteiger partial charge in [0, 0.05) is 19.8 Å². The van der Waals surface area contributed by atoms with Crippen molar-refractivity contribution in [2.45, 2.75) is 30.3 Å². The second-order valence-corrected chi connectivity index (χ2v) is 7.67. The summed E-state index contributed by atoms with van der Waals surface area (Å²) >= 11 is 5.95. The van der Waals surface area contributed by atoms with Gasteiger partial charge >= 0.3 is 0 Å². The summed E-state index contributed by atoms with van der Waals surface area (Å²) in [5.74, 6) is 0.587. The third kappa shape index (κ3) is 5.06. The maximum absolute atomic E-state index is 12.2. The summed E-state index contributed by atoms with van der Waals surface area (Å²) in [7, 11) is -2.20. The molecular weight excluding hydrogens is 342 g/mol. The molecule has 1 aliphatic heterocycles. The fraction of sp³-hybridized carbons (Fsp3) is 0.600. The average molecular weight is 364 g/mol. The van der Waals surface area contributed by atoms with Crippen molar-refractivity contribution >= 4 is 21.6 Å². The van der Waals surface area contributed by atoms with Crippen molar-refractivity contribution in [3.8, 4) is 5.75 Å². The van der Waals surface area contributed by atoms with Crippen molar-refractivity contribution in [3.63, 3.8) is 0 Å². The molecule has 8 heteroatoms. The third-order valence-corrected chi connectivity index (χ3v) is 5.73. The van der Waals surface area contributed by atoms with Crippen LogP contribution in [0.2, 0.25) is 5.02 Å². The van der Waals surface area contributed by atoms with Crippen LogP contribution in [0.3, 0.4) is 0 Å². The molecule has 1 aromatic rings. The molecule has 1 aromatic carbocycles. The minimum Gasteiger partial charge on any atom is -0.495 e. The molecule has 1 atom stereocenters. The van der Waals surface area contributed by atoms with Gasteiger partial charge in [0.1, 0.15) is 5.75 Å². The van der Waals surface area contributed by atoms with Gasteiger partial charge in [-0.05, 0) is 43.4 Å². The lowest BCUT2D eigenvalue weighted by Crippen LogP contribution is -2.32. The molecule has 0 saturated carbocycles. The summed E-state index contributed by atoms with van der Waals surface area (Å²) in [4.78, 5) is 0.0730. The van der Waals surface area contributed by atoms with Crippen LogP contribution in [0.15, 0.2) is 23.1 Å². The Bertz CT molecular complexity index is 616. The highest BCUT2D eigenvalue weighted by Gasteiger charge is 2.23. The lowest BCUT2D eigenvalue weighted by atomic mass is 9.92. The highest BCUT2D eigenvalue weighted by atomic mass is 35.5. The van der Waals surface area contributed by atoms with Crippen molar-refractivity contribution < 1.29 is 23.0 Å². The molecular formula is C15H22ClNO5S. The van der Waals surface area contributed by atoms with E-state index in [9.17, 15) is 13.5 Å². The second kappa shape index (κ2) is 8.30. The van der Waals surface area contributed by atoms with Crippen LogP contribution < -0.4 is 9.46 Å². The molecule has 0 aromatic heterocycles. The molecule has 0 spiro atoms. The number of benzene rings is 1. The predicted molar refractivity (Wildman–Crippen MR) is 87.4 cm³/mol. The molecule has 1 fully saturated rings. The van der Waals surface area contributed by atoms with Gasteiger partial charge in [-0.15, -0.1) is 0 Å². The van der Waals surface area contributed by atoms with Crippen molar-refractivity contribution in [2.24, 2.45) is 5.92 Å². The second-order valence-electron chi connectivity index (χ2n) is 5.50. The number of hydrogen-bond acceptors (Lipinski definition) is 5. The van der Waals surface area contributed by atoms with Crippen molar-refractivity contribution in [1.82, 2.24) is 4.72 Å². The Hall–Kier alpha value is -0.860. The SMILES string of the molecule is COc1ccc(S(=O)(=O)NCCC(O)C2CCOCC2)cc1Cl. The van der Waals surface area contributed by atoms with E-state index >= 15 is 0 Å². The number of halogens is 1. The number of hydrogen-bond donors (Lipinski definition) is 2. The van der Waals surface area contributed by atoms with Gasteiger partial charge in [0.2, 0.25) is 10.0 Å². The van der Waals surface area contributed by atoms with Gasteiger partial charge in [-0.1, -0.05) is 11.6 Å². The standard InChI is InChI=1S/C15H22ClNO5S/c1-21-15-3-2-12(10-13(15)16)23(19,20)17-7-4-14(18)11-5-8-22-9-6-11/h2-3,10-11,14,17-18H,4-9H2,1H3. The molecule has 1 unspecified atom stereocenters. The quantitative estimate of drug-likeness (QED) is 0.771. The fourth-order valence-electron chi connectivity index (χ4n) is 2.58. The van der Waals surface area contributed by atoms with E-state index < -0.39 is 16.1 Å². The van der Waals surface area contributed by atoms with E-state index in [-0.39, 0.29) is 22.4 Å². The lowest BCUT2D eigenvalue weighted by molar-refractivity contribution is 0.00567. The van der Waals surface area contributed by atoms with Crippen LogP contribution in [0.4, 0.5) is 0 Å². The van der Waals surface area contributed by atoms with E-state index in [0.29, 0.717) is 25.4 Å². The number of aliphatic hydroxyl groups is 1. The van der Waals surface area contributed by atoms with Crippen LogP contribution in [-0.4, -0.2) is 46.5 Å². The molecule has 0 aliphatic carbocycles. The molecule has 2 rings (SSSR count). The van der Waals surface area contributed by atoms with E-state index in [1.807, 2.05) is 0 Å². The molecule has 1 heterocycles. The van der Waals surface area contributed by atoms with Crippen LogP contribution in [0.5, 0.6) is 5.75 Å². The zero-order valence-electron chi connectivity index (χ0n) is 13.0. The minimum absolute atomic E-state index is 0.0730. The fourth-order valence-corrected chi connectivity index (χ4v) is 3.97. The monoisotopic (exact) mass is 363 g/mol. The average Bonchev–Trinajstić information content (AvgIpc) is 2.55. The maximum Gasteiger partial charge on any atom is 0.240 e. The Labute approximate surface area is 141 Å². The summed E-state index contributed by atoms with van der Waals surface area (Å²) in [6, 6.07) is 4.29. The van der Waals surface area contributed by atoms with Crippen molar-refractivity contribution in [3.05, 3.63) is 23.2 Å². The van der Waals surface area contributed by atoms with Gasteiger partial charge in [-0.2, -0.15) is 0 Å². The first kappa shape index (κ1) is 18.5. The smallest absolute Gasteiger partial charge is 0.240 e. The summed E-state index contributed by atoms with van der Waals surface area (Å²) in [6.07, 6.45) is 1.46. The van der Waals surface area contributed by atoms with Crippen molar-refractivity contribution in [1.29, 1.82) is 0 Å². The highest BCUT2D eigenvalue weighted by molar-refractivity contribution is 7.89. The maximum atomic E-state index is 12.2. The Kier molecular flexibility index (Phi) is 6.67. The van der Waals surface area contributed by atoms with Crippen LogP contribution in [0, 0.1) is 5.92 Å². The molecule has 0 bridgehead atoms. The van der Waals surface area contributed by atoms with Crippen LogP contribution in [0.25, 0.3) is 0 Å². The lowest BCUT2D eigenvalue weighted by Gasteiger charge is -2.26. The minimum atomic E-state index is -3.66. The van der Waals surface area contributed by atoms with E-state index in [1.54, 1.807) is 0 Å². The normalized spacial score (nSPS) is 17.9. The first-order chi connectivity index (χ1) is 10.9. The number of rotatable bonds is 7. The molecule has 130 valence electrons. The number of ether oxygens (including phenoxy) is 2. The Morgan fingerprint density at radius 2 is 2.13 bits per heavy atom. The molecule has 0 radical (unpaired) electrons. The van der Waals surface area contributed by atoms with Gasteiger partial charge in [0.15, 0.2) is 0 Å². The first-order valence-electron chi connectivity index (χ1n) is 7.53. The Balaban J connectivity index is 1.89. The van der Waals surface area contributed by atoms with Crippen molar-refractivity contribution in [2.75, 3.05) is 26.9 Å². The van der Waals surface area contributed by atoms with E-state index in [2.05, 4.69) is 4.72 Å². The number of methoxy groups -OCH3 is 1. The largest absolute Gasteiger partial charge is 0.495 e. The molecule has 23 heavy (non-hydrogen) atoms. The number of aliphatic hydroxyl groups excluding tert-OH is 1. The highest BCUT2D eigenvalue weighted by Crippen LogP contribution is 2.27. The molecule has 1 saturated heterocycles. The first-order valence-corrected chi connectivity index (χ1v) is 9.39. The molecule has 2 N–H and O–H groups in total. The molecule has 1 aliphatic rings. The van der Waals surface area contributed by atoms with E-state index in [4.69, 9.17) is 21.1 Å². The van der Waals surface area contributed by atoms with Crippen LogP contribution in [0.1, 0.15) is 19.3 Å². The van der Waals surface area contributed by atoms with Gasteiger partial charge in [-0.3, -0.25) is 0 Å². The van der Waals surface area contributed by atoms with Gasteiger partial charge < -0.3 is 14.6 Å². The topological polar surface area (TPSA) is 84.9 Å². The third-order valence-electron chi connectivity index (χ3n) is 3.98. The van der Waals surface area contributed by atoms with Crippen LogP contribution >= 0.6 is 11.6 Å². The summed E-state index contributed by atoms with van der Waals surface area (Å²) < 4.78 is 37.2. The zero-order chi connectivity index (χ0) is 16.9. The summed E-state index contributed by atoms with van der Waals surface area (Å²) in [5, 5.41) is 10.4. The summed E-state index contributed by atoms with van der Waals surface area (Å²) in [6.45, 7) is 1.47. The summed E-state index contributed by atoms with van der Waals surface area (Å²) in [5.41, 5.74) is 0. The number of nitrogens with one attached hydrogen (secondary N) is 1. The predicted octanol–water partition coefficient (Wildman–Crippen LogP) is 1.80. The zero-order valence-corrected chi connectivity index (χ0v) is 14.6. The van der Waals surface area contributed by atoms with Crippen LogP contribution in [-0.2, 0) is 14.8 Å². The molecule has 0 amide bonds. The molecule has 6 nitrogen and oxygen atoms in total. The van der Waals surface area contributed by atoms with Gasteiger partial charge in [0.25, 0.3) is 0 Å². The van der Waals surface area contributed by atoms with E-state index in [0.717, 1.165) is 12.8 Å². The Morgan fingerprint density at radius 3 is 2.74 bits per heavy atom. The van der Waals surface area contributed by atoms with Gasteiger partial charge in [0.05, 0.1) is 23.1 Å². The Morgan fingerprint density at radius 1 is 1.43 bits per heavy atom.